The van der Waals surface area contributed by atoms with Gasteiger partial charge in [0.2, 0.25) is 0 Å². The fourth-order valence-electron chi connectivity index (χ4n) is 5.84. The number of hydrogen-bond donors (Lipinski definition) is 0. The summed E-state index contributed by atoms with van der Waals surface area (Å²) in [6.07, 6.45) is 0. The highest BCUT2D eigenvalue weighted by atomic mass is 16.1. The molecule has 0 unspecified atom stereocenters. The van der Waals surface area contributed by atoms with E-state index in [-0.39, 0.29) is 5.78 Å². The van der Waals surface area contributed by atoms with Gasteiger partial charge in [-0.1, -0.05) is 120 Å². The van der Waals surface area contributed by atoms with E-state index in [1.807, 2.05) is 24.3 Å². The second-order valence-electron chi connectivity index (χ2n) is 10.4. The maximum Gasteiger partial charge on any atom is 0.195 e. The number of fused-ring (bicyclic) bond motifs is 2. The Balaban J connectivity index is 1.71. The van der Waals surface area contributed by atoms with Gasteiger partial charge in [0.25, 0.3) is 0 Å². The first-order valence-corrected chi connectivity index (χ1v) is 13.2. The van der Waals surface area contributed by atoms with Crippen LogP contribution in [0.2, 0.25) is 0 Å². The van der Waals surface area contributed by atoms with Crippen LogP contribution in [0.3, 0.4) is 0 Å². The highest BCUT2D eigenvalue weighted by Gasteiger charge is 2.24. The van der Waals surface area contributed by atoms with Crippen molar-refractivity contribution in [2.45, 2.75) is 27.7 Å². The van der Waals surface area contributed by atoms with E-state index in [9.17, 15) is 0 Å². The van der Waals surface area contributed by atoms with E-state index in [1.165, 1.54) is 22.3 Å². The normalized spacial score (nSPS) is 11.3. The van der Waals surface area contributed by atoms with Gasteiger partial charge in [-0.3, -0.25) is 4.79 Å². The molecule has 0 spiro atoms. The minimum atomic E-state index is 0.0588. The molecule has 6 aromatic carbocycles. The zero-order valence-corrected chi connectivity index (χ0v) is 22.3. The Hall–Kier alpha value is -4.49. The largest absolute Gasteiger partial charge is 0.289 e. The first kappa shape index (κ1) is 23.9. The van der Waals surface area contributed by atoms with E-state index >= 15 is 4.79 Å². The molecule has 38 heavy (non-hydrogen) atoms. The fraction of sp³-hybridized carbons (Fsp3) is 0.108. The summed E-state index contributed by atoms with van der Waals surface area (Å²) in [6.45, 7) is 8.47. The van der Waals surface area contributed by atoms with Crippen molar-refractivity contribution in [3.8, 4) is 22.3 Å². The Morgan fingerprint density at radius 1 is 0.447 bits per heavy atom. The van der Waals surface area contributed by atoms with Crippen molar-refractivity contribution in [1.29, 1.82) is 0 Å². The summed E-state index contributed by atoms with van der Waals surface area (Å²) in [5, 5.41) is 4.10. The van der Waals surface area contributed by atoms with Crippen LogP contribution in [0.4, 0.5) is 0 Å². The number of ketones is 1. The maximum absolute atomic E-state index is 15.0. The molecular weight excluding hydrogens is 460 g/mol. The quantitative estimate of drug-likeness (QED) is 0.225. The molecule has 0 aromatic heterocycles. The molecule has 184 valence electrons. The van der Waals surface area contributed by atoms with Gasteiger partial charge in [-0.15, -0.1) is 0 Å². The van der Waals surface area contributed by atoms with Crippen molar-refractivity contribution in [2.75, 3.05) is 0 Å². The Bertz CT molecular complexity index is 1740. The first-order valence-electron chi connectivity index (χ1n) is 13.2. The van der Waals surface area contributed by atoms with E-state index in [4.69, 9.17) is 0 Å². The van der Waals surface area contributed by atoms with E-state index < -0.39 is 0 Å². The molecule has 6 rings (SSSR count). The second kappa shape index (κ2) is 9.43. The van der Waals surface area contributed by atoms with Crippen molar-refractivity contribution in [3.63, 3.8) is 0 Å². The zero-order chi connectivity index (χ0) is 26.4. The number of carbonyl (C=O) groups is 1. The van der Waals surface area contributed by atoms with Crippen LogP contribution in [0, 0.1) is 27.7 Å². The maximum atomic E-state index is 15.0. The predicted molar refractivity (Wildman–Crippen MR) is 161 cm³/mol. The van der Waals surface area contributed by atoms with E-state index in [1.54, 1.807) is 0 Å². The summed E-state index contributed by atoms with van der Waals surface area (Å²) in [6, 6.07) is 37.9. The van der Waals surface area contributed by atoms with Gasteiger partial charge in [0, 0.05) is 11.1 Å². The minimum Gasteiger partial charge on any atom is -0.289 e. The monoisotopic (exact) mass is 490 g/mol. The third-order valence-electron chi connectivity index (χ3n) is 7.66. The lowest BCUT2D eigenvalue weighted by Crippen LogP contribution is -2.08. The van der Waals surface area contributed by atoms with Gasteiger partial charge in [0.15, 0.2) is 5.78 Å². The number of hydrogen-bond acceptors (Lipinski definition) is 1. The molecule has 0 heterocycles. The molecular formula is C37H30O. The number of carbonyl (C=O) groups excluding carboxylic acids is 1. The van der Waals surface area contributed by atoms with Crippen LogP contribution in [0.25, 0.3) is 43.8 Å². The molecule has 0 aliphatic rings. The lowest BCUT2D eigenvalue weighted by Gasteiger charge is -2.19. The third-order valence-corrected chi connectivity index (χ3v) is 7.66. The van der Waals surface area contributed by atoms with Crippen molar-refractivity contribution in [1.82, 2.24) is 0 Å². The fourth-order valence-corrected chi connectivity index (χ4v) is 5.84. The predicted octanol–water partition coefficient (Wildman–Crippen LogP) is 9.79. The molecule has 0 atom stereocenters. The summed E-state index contributed by atoms with van der Waals surface area (Å²) in [5.74, 6) is 0.0588. The summed E-state index contributed by atoms with van der Waals surface area (Å²) in [4.78, 5) is 15.0. The average Bonchev–Trinajstić information content (AvgIpc) is 2.92. The highest BCUT2D eigenvalue weighted by molar-refractivity contribution is 6.27. The van der Waals surface area contributed by atoms with Crippen molar-refractivity contribution in [3.05, 3.63) is 143 Å². The molecule has 0 amide bonds. The van der Waals surface area contributed by atoms with Gasteiger partial charge in [-0.25, -0.2) is 0 Å². The molecule has 0 saturated carbocycles. The second-order valence-corrected chi connectivity index (χ2v) is 10.4. The van der Waals surface area contributed by atoms with Gasteiger partial charge in [-0.2, -0.15) is 0 Å². The van der Waals surface area contributed by atoms with Gasteiger partial charge in [-0.05, 0) is 82.6 Å². The van der Waals surface area contributed by atoms with Gasteiger partial charge in [0.05, 0.1) is 0 Å². The van der Waals surface area contributed by atoms with Crippen molar-refractivity contribution < 1.29 is 4.79 Å². The molecule has 0 N–H and O–H groups in total. The third kappa shape index (κ3) is 4.01. The van der Waals surface area contributed by atoms with Crippen LogP contribution in [-0.4, -0.2) is 5.78 Å². The van der Waals surface area contributed by atoms with Crippen LogP contribution >= 0.6 is 0 Å². The van der Waals surface area contributed by atoms with Gasteiger partial charge >= 0.3 is 0 Å². The van der Waals surface area contributed by atoms with Gasteiger partial charge in [0.1, 0.15) is 0 Å². The Labute approximate surface area is 224 Å². The summed E-state index contributed by atoms with van der Waals surface area (Å²) in [7, 11) is 0. The van der Waals surface area contributed by atoms with Crippen molar-refractivity contribution >= 4 is 27.3 Å². The Morgan fingerprint density at radius 2 is 0.842 bits per heavy atom. The van der Waals surface area contributed by atoms with Crippen molar-refractivity contribution in [2.24, 2.45) is 0 Å². The minimum absolute atomic E-state index is 0.0588. The lowest BCUT2D eigenvalue weighted by molar-refractivity contribution is 0.104. The first-order chi connectivity index (χ1) is 18.4. The molecule has 0 aliphatic heterocycles. The SMILES string of the molecule is Cc1ccc(-c2ccc3ccccc3c2C(=O)c2c(-c3ccc(C)cc3C)ccc3ccccc23)c(C)c1. The molecule has 1 heteroatoms. The lowest BCUT2D eigenvalue weighted by atomic mass is 9.83. The van der Waals surface area contributed by atoms with Gasteiger partial charge < -0.3 is 0 Å². The summed E-state index contributed by atoms with van der Waals surface area (Å²) < 4.78 is 0. The number of aryl methyl sites for hydroxylation is 4. The van der Waals surface area contributed by atoms with Crippen LogP contribution < -0.4 is 0 Å². The smallest absolute Gasteiger partial charge is 0.195 e. The van der Waals surface area contributed by atoms with E-state index in [2.05, 4.69) is 113 Å². The summed E-state index contributed by atoms with van der Waals surface area (Å²) >= 11 is 0. The molecule has 1 nitrogen and oxygen atoms in total. The standard InChI is InChI=1S/C37H30O/c1-23-13-17-29(25(3)21-23)33-19-15-27-9-5-7-11-31(27)35(33)37(38)36-32-12-8-6-10-28(32)16-20-34(36)30-18-14-24(2)22-26(30)4/h5-22H,1-4H3. The van der Waals surface area contributed by atoms with E-state index in [0.717, 1.165) is 54.9 Å². The Kier molecular flexibility index (Phi) is 5.93. The van der Waals surface area contributed by atoms with Crippen LogP contribution in [-0.2, 0) is 0 Å². The van der Waals surface area contributed by atoms with Crippen LogP contribution in [0.5, 0.6) is 0 Å². The molecule has 0 bridgehead atoms. The summed E-state index contributed by atoms with van der Waals surface area (Å²) in [5.41, 5.74) is 10.4. The van der Waals surface area contributed by atoms with Crippen LogP contribution in [0.1, 0.15) is 38.2 Å². The average molecular weight is 491 g/mol. The molecule has 0 radical (unpaired) electrons. The topological polar surface area (TPSA) is 17.1 Å². The number of benzene rings is 6. The molecule has 6 aromatic rings. The molecule has 0 aliphatic carbocycles. The molecule has 0 saturated heterocycles. The highest BCUT2D eigenvalue weighted by Crippen LogP contribution is 2.39. The van der Waals surface area contributed by atoms with E-state index in [0.29, 0.717) is 0 Å². The zero-order valence-electron chi connectivity index (χ0n) is 22.3. The number of rotatable bonds is 4. The molecule has 0 fully saturated rings. The van der Waals surface area contributed by atoms with Crippen LogP contribution in [0.15, 0.2) is 109 Å². The Morgan fingerprint density at radius 3 is 1.26 bits per heavy atom.